The Morgan fingerprint density at radius 3 is 0.875 bits per heavy atom. The third kappa shape index (κ3) is 1510000. The van der Waals surface area contributed by atoms with Crippen molar-refractivity contribution in [1.29, 1.82) is 0 Å². The average molecular weight is 155 g/mol. The van der Waals surface area contributed by atoms with E-state index in [1.54, 1.807) is 0 Å². The Balaban J connectivity index is -0.0000000267. The summed E-state index contributed by atoms with van der Waals surface area (Å²) in [5.74, 6) is 0. The molecule has 0 heterocycles. The second-order valence-corrected chi connectivity index (χ2v) is 1.19. The van der Waals surface area contributed by atoms with Gasteiger partial charge in [-0.15, -0.1) is 0 Å². The summed E-state index contributed by atoms with van der Waals surface area (Å²) in [5.41, 5.74) is 0. The minimum atomic E-state index is -4.69. The molecule has 8 heavy (non-hydrogen) atoms. The van der Waals surface area contributed by atoms with E-state index >= 15 is 0 Å². The Hall–Kier alpha value is 0.01000. The minimum Gasteiger partial charge on any atom is -0.412 e. The van der Waals surface area contributed by atoms with Crippen molar-refractivity contribution in [2.45, 2.75) is 0 Å². The molecule has 7 nitrogen and oxygen atoms in total. The predicted octanol–water partition coefficient (Wildman–Crippen LogP) is -6.60. The molecule has 56 valence electrons. The highest BCUT2D eigenvalue weighted by Crippen LogP contribution is 1.60. The van der Waals surface area contributed by atoms with Gasteiger partial charge in [0.15, 0.2) is 0 Å². The lowest BCUT2D eigenvalue weighted by atomic mass is 15.8. The molecule has 0 saturated carbocycles. The summed E-state index contributed by atoms with van der Waals surface area (Å²) < 4.78 is 32.7. The Kier molecular flexibility index (Phi) is 21.4. The van der Waals surface area contributed by atoms with Crippen LogP contribution in [0, 0.1) is 10.2 Å². The van der Waals surface area contributed by atoms with Gasteiger partial charge in [0.2, 0.25) is 0 Å². The highest BCUT2D eigenvalue weighted by Gasteiger charge is 1.98. The molecule has 0 spiro atoms. The van der Waals surface area contributed by atoms with E-state index in [0.29, 0.717) is 0 Å². The van der Waals surface area contributed by atoms with Gasteiger partial charge in [0, 0.05) is 0 Å². The van der Waals surface area contributed by atoms with Gasteiger partial charge in [0.05, 0.1) is 14.9 Å². The second kappa shape index (κ2) is 7.01. The van der Waals surface area contributed by atoms with Crippen LogP contribution in [0.15, 0.2) is 0 Å². The van der Waals surface area contributed by atoms with Crippen molar-refractivity contribution in [2.75, 3.05) is 0 Å². The van der Waals surface area contributed by atoms with E-state index in [9.17, 15) is 0 Å². The molecule has 0 aromatic rings. The molecule has 0 amide bonds. The van der Waals surface area contributed by atoms with Gasteiger partial charge in [-0.2, -0.15) is 14.0 Å². The van der Waals surface area contributed by atoms with Gasteiger partial charge in [-0.25, -0.2) is 0 Å². The lowest BCUT2D eigenvalue weighted by molar-refractivity contribution is -1.92. The van der Waals surface area contributed by atoms with Crippen molar-refractivity contribution in [1.82, 2.24) is 0 Å². The highest BCUT2D eigenvalue weighted by molar-refractivity contribution is 2.15. The minimum absolute atomic E-state index is 0. The zero-order chi connectivity index (χ0) is 4.50. The normalized spacial score (nSPS) is 7.50. The fourth-order valence-electron chi connectivity index (χ4n) is 0. The molecule has 0 aromatic carbocycles. The summed E-state index contributed by atoms with van der Waals surface area (Å²) in [6.45, 7) is 0. The smallest absolute Gasteiger partial charge is 0.0777 e. The van der Waals surface area contributed by atoms with Crippen LogP contribution in [0.5, 0.6) is 0 Å². The van der Waals surface area contributed by atoms with Crippen LogP contribution in [0.4, 0.5) is 0 Å². The predicted molar refractivity (Wildman–Crippen MR) is 13.1 cm³/mol. The summed E-state index contributed by atoms with van der Waals surface area (Å²) in [6, 6.07) is 0. The van der Waals surface area contributed by atoms with Gasteiger partial charge in [0.25, 0.3) is 0 Å². The maximum Gasteiger partial charge on any atom is 0.0777 e. The van der Waals surface area contributed by atoms with Crippen LogP contribution in [-0.4, -0.2) is 21.1 Å². The van der Waals surface area contributed by atoms with Crippen LogP contribution in [-0.2, 0) is 0 Å². The number of halogens is 1. The number of hydrogen-bond acceptors (Lipinski definition) is 4. The molecule has 0 atom stereocenters. The Labute approximate surface area is 46.5 Å². The average Bonchev–Trinajstić information content (AvgIpc) is 0.722. The van der Waals surface area contributed by atoms with Crippen LogP contribution < -0.4 is 14.0 Å². The molecular formula is H7ClO7. The molecule has 0 aromatic heterocycles. The molecule has 0 saturated heterocycles. The SMILES string of the molecule is O.O.O.[O-][Cl+3]([O-])([O-])O. The van der Waals surface area contributed by atoms with Crippen LogP contribution in [0.1, 0.15) is 0 Å². The van der Waals surface area contributed by atoms with Gasteiger partial charge in [-0.3, -0.25) is 0 Å². The first-order chi connectivity index (χ1) is 2.00. The van der Waals surface area contributed by atoms with E-state index in [4.69, 9.17) is 18.6 Å². The standard InChI is InChI=1S/ClHO4.3H2O/c2-1(3,4)5;;;/h(H,2,3,4,5);3*1H2. The van der Waals surface area contributed by atoms with Gasteiger partial charge >= 0.3 is 0 Å². The van der Waals surface area contributed by atoms with Crippen LogP contribution in [0.3, 0.4) is 0 Å². The summed E-state index contributed by atoms with van der Waals surface area (Å²) >= 11 is 0. The molecule has 7 N–H and O–H groups in total. The van der Waals surface area contributed by atoms with Crippen molar-refractivity contribution in [3.05, 3.63) is 0 Å². The van der Waals surface area contributed by atoms with E-state index in [2.05, 4.69) is 0 Å². The molecule has 0 aliphatic carbocycles. The molecule has 0 rings (SSSR count). The molecule has 0 fully saturated rings. The van der Waals surface area contributed by atoms with Gasteiger partial charge in [-0.1, -0.05) is 0 Å². The third-order valence-electron chi connectivity index (χ3n) is 0. The molecule has 0 unspecified atom stereocenters. The van der Waals surface area contributed by atoms with E-state index in [0.717, 1.165) is 0 Å². The molecule has 0 bridgehead atoms. The maximum absolute atomic E-state index is 8.60. The summed E-state index contributed by atoms with van der Waals surface area (Å²) in [7, 11) is -4.69. The lowest BCUT2D eigenvalue weighted by Gasteiger charge is -2.03. The van der Waals surface area contributed by atoms with Gasteiger partial charge < -0.3 is 16.4 Å². The van der Waals surface area contributed by atoms with Crippen molar-refractivity contribution < 1.29 is 45.3 Å². The van der Waals surface area contributed by atoms with E-state index in [-0.39, 0.29) is 16.4 Å². The Morgan fingerprint density at radius 2 is 0.875 bits per heavy atom. The largest absolute Gasteiger partial charge is 0.412 e. The third-order valence-corrected chi connectivity index (χ3v) is 0. The first-order valence-electron chi connectivity index (χ1n) is 0.632. The first kappa shape index (κ1) is 24.5. The van der Waals surface area contributed by atoms with Gasteiger partial charge in [-0.05, 0) is 0 Å². The fraction of sp³-hybridized carbons (Fsp3) is 0. The van der Waals surface area contributed by atoms with E-state index < -0.39 is 10.2 Å². The summed E-state index contributed by atoms with van der Waals surface area (Å²) in [5, 5.41) is 0. The monoisotopic (exact) mass is 154 g/mol. The Bertz CT molecular complexity index is 19.9. The van der Waals surface area contributed by atoms with Crippen LogP contribution in [0.25, 0.3) is 0 Å². The van der Waals surface area contributed by atoms with Crippen molar-refractivity contribution in [3.8, 4) is 0 Å². The Morgan fingerprint density at radius 1 is 0.875 bits per heavy atom. The molecule has 0 aliphatic rings. The van der Waals surface area contributed by atoms with Crippen molar-refractivity contribution in [3.63, 3.8) is 0 Å². The topological polar surface area (TPSA) is 184 Å². The number of hydrogen-bond donors (Lipinski definition) is 1. The van der Waals surface area contributed by atoms with Crippen LogP contribution in [0.2, 0.25) is 0 Å². The zero-order valence-corrected chi connectivity index (χ0v) is 4.31. The molecule has 0 aliphatic heterocycles. The first-order valence-corrected chi connectivity index (χ1v) is 1.90. The lowest BCUT2D eigenvalue weighted by Crippen LogP contribution is -2.58. The summed E-state index contributed by atoms with van der Waals surface area (Å²) in [4.78, 5) is 0. The summed E-state index contributed by atoms with van der Waals surface area (Å²) in [6.07, 6.45) is 0. The quantitative estimate of drug-likeness (QED) is 0.364. The zero-order valence-electron chi connectivity index (χ0n) is 3.55. The molecular weight excluding hydrogens is 147 g/mol. The second-order valence-electron chi connectivity index (χ2n) is 0.396. The molecule has 0 radical (unpaired) electrons. The fourth-order valence-corrected chi connectivity index (χ4v) is 0. The van der Waals surface area contributed by atoms with Gasteiger partial charge in [0.1, 0.15) is 0 Å². The highest BCUT2D eigenvalue weighted by atomic mass is 35.7. The number of rotatable bonds is 0. The van der Waals surface area contributed by atoms with E-state index in [1.165, 1.54) is 0 Å². The maximum atomic E-state index is 8.60. The molecule has 8 heteroatoms. The van der Waals surface area contributed by atoms with Crippen LogP contribution >= 0.6 is 0 Å². The van der Waals surface area contributed by atoms with Crippen molar-refractivity contribution >= 4 is 0 Å². The van der Waals surface area contributed by atoms with E-state index in [1.807, 2.05) is 0 Å². The van der Waals surface area contributed by atoms with Crippen molar-refractivity contribution in [2.24, 2.45) is 0 Å².